The molecule has 1 unspecified atom stereocenters. The highest BCUT2D eigenvalue weighted by Gasteiger charge is 2.07. The van der Waals surface area contributed by atoms with Crippen molar-refractivity contribution >= 4 is 0 Å². The quantitative estimate of drug-likeness (QED) is 0.865. The van der Waals surface area contributed by atoms with Gasteiger partial charge in [-0.05, 0) is 49.6 Å². The molecule has 2 nitrogen and oxygen atoms in total. The van der Waals surface area contributed by atoms with E-state index in [2.05, 4.69) is 42.2 Å². The van der Waals surface area contributed by atoms with E-state index in [9.17, 15) is 4.39 Å². The van der Waals surface area contributed by atoms with Gasteiger partial charge in [-0.3, -0.25) is 0 Å². The van der Waals surface area contributed by atoms with Crippen LogP contribution in [0.4, 0.5) is 4.39 Å². The van der Waals surface area contributed by atoms with Crippen molar-refractivity contribution in [1.29, 1.82) is 0 Å². The molecule has 0 fully saturated rings. The van der Waals surface area contributed by atoms with Crippen LogP contribution in [0.15, 0.2) is 36.7 Å². The number of hydrogen-bond acceptors (Lipinski definition) is 1. The van der Waals surface area contributed by atoms with E-state index in [0.717, 1.165) is 18.7 Å². The minimum absolute atomic E-state index is 0.136. The molecule has 0 aliphatic carbocycles. The van der Waals surface area contributed by atoms with Crippen molar-refractivity contribution in [3.05, 3.63) is 59.2 Å². The molecule has 0 saturated carbocycles. The lowest BCUT2D eigenvalue weighted by atomic mass is 10.1. The normalized spacial score (nSPS) is 12.6. The predicted octanol–water partition coefficient (Wildman–Crippen LogP) is 3.81. The summed E-state index contributed by atoms with van der Waals surface area (Å²) in [7, 11) is 0. The number of nitrogens with one attached hydrogen (secondary N) is 1. The zero-order chi connectivity index (χ0) is 13.8. The van der Waals surface area contributed by atoms with Crippen molar-refractivity contribution in [2.45, 2.75) is 39.9 Å². The molecule has 0 spiro atoms. The summed E-state index contributed by atoms with van der Waals surface area (Å²) >= 11 is 0. The smallest absolute Gasteiger partial charge is 0.126 e. The van der Waals surface area contributed by atoms with Gasteiger partial charge < -0.3 is 9.88 Å². The lowest BCUT2D eigenvalue weighted by Crippen LogP contribution is -2.18. The van der Waals surface area contributed by atoms with Crippen molar-refractivity contribution in [3.8, 4) is 0 Å². The first kappa shape index (κ1) is 13.8. The molecule has 1 N–H and O–H groups in total. The predicted molar refractivity (Wildman–Crippen MR) is 76.5 cm³/mol. The number of benzene rings is 1. The number of aryl methyl sites for hydroxylation is 2. The lowest BCUT2D eigenvalue weighted by molar-refractivity contribution is 0.562. The fourth-order valence-corrected chi connectivity index (χ4v) is 2.06. The number of aromatic nitrogens is 1. The largest absolute Gasteiger partial charge is 0.354 e. The number of hydrogen-bond donors (Lipinski definition) is 1. The summed E-state index contributed by atoms with van der Waals surface area (Å²) in [6.45, 7) is 7.74. The van der Waals surface area contributed by atoms with Crippen LogP contribution in [-0.4, -0.2) is 4.57 Å². The molecule has 0 aliphatic rings. The van der Waals surface area contributed by atoms with Gasteiger partial charge in [0.25, 0.3) is 0 Å². The maximum Gasteiger partial charge on any atom is 0.126 e. The average molecular weight is 260 g/mol. The van der Waals surface area contributed by atoms with Crippen LogP contribution in [0.5, 0.6) is 0 Å². The summed E-state index contributed by atoms with van der Waals surface area (Å²) in [5.74, 6) is -0.136. The molecule has 3 heteroatoms. The van der Waals surface area contributed by atoms with Crippen LogP contribution in [0.1, 0.15) is 36.6 Å². The second-order valence-corrected chi connectivity index (χ2v) is 4.96. The van der Waals surface area contributed by atoms with E-state index in [1.807, 2.05) is 12.1 Å². The van der Waals surface area contributed by atoms with Gasteiger partial charge in [-0.2, -0.15) is 0 Å². The summed E-state index contributed by atoms with van der Waals surface area (Å²) in [5.41, 5.74) is 2.93. The highest BCUT2D eigenvalue weighted by atomic mass is 19.1. The van der Waals surface area contributed by atoms with E-state index in [1.54, 1.807) is 13.0 Å². The third-order valence-electron chi connectivity index (χ3n) is 3.49. The van der Waals surface area contributed by atoms with Gasteiger partial charge in [0.05, 0.1) is 0 Å². The number of halogens is 1. The van der Waals surface area contributed by atoms with Gasteiger partial charge in [0, 0.05) is 31.5 Å². The van der Waals surface area contributed by atoms with E-state index in [-0.39, 0.29) is 11.9 Å². The fraction of sp³-hybridized carbons (Fsp3) is 0.375. The van der Waals surface area contributed by atoms with Gasteiger partial charge in [-0.25, -0.2) is 4.39 Å². The van der Waals surface area contributed by atoms with Crippen molar-refractivity contribution in [2.24, 2.45) is 0 Å². The molecule has 19 heavy (non-hydrogen) atoms. The zero-order valence-electron chi connectivity index (χ0n) is 11.8. The molecule has 2 rings (SSSR count). The third kappa shape index (κ3) is 3.44. The van der Waals surface area contributed by atoms with Crippen molar-refractivity contribution < 1.29 is 4.39 Å². The Labute approximate surface area is 114 Å². The van der Waals surface area contributed by atoms with Gasteiger partial charge in [0.2, 0.25) is 0 Å². The number of rotatable bonds is 5. The molecule has 0 saturated heterocycles. The first-order valence-electron chi connectivity index (χ1n) is 6.74. The molecule has 102 valence electrons. The van der Waals surface area contributed by atoms with E-state index in [4.69, 9.17) is 0 Å². The second-order valence-electron chi connectivity index (χ2n) is 4.96. The molecule has 0 amide bonds. The summed E-state index contributed by atoms with van der Waals surface area (Å²) < 4.78 is 15.7. The standard InChI is InChI=1S/C16H21FN2/c1-4-19-8-7-14(11-19)10-18-13(3)15-6-5-12(2)16(17)9-15/h5-9,11,13,18H,4,10H2,1-3H3. The fourth-order valence-electron chi connectivity index (χ4n) is 2.06. The van der Waals surface area contributed by atoms with Crippen molar-refractivity contribution in [2.75, 3.05) is 0 Å². The Hall–Kier alpha value is -1.61. The Kier molecular flexibility index (Phi) is 4.38. The SMILES string of the molecule is CCn1ccc(CNC(C)c2ccc(C)c(F)c2)c1. The minimum atomic E-state index is -0.136. The maximum absolute atomic E-state index is 13.5. The topological polar surface area (TPSA) is 17.0 Å². The molecule has 2 aromatic rings. The Bertz CT molecular complexity index is 545. The maximum atomic E-state index is 13.5. The van der Waals surface area contributed by atoms with E-state index in [1.165, 1.54) is 5.56 Å². The zero-order valence-corrected chi connectivity index (χ0v) is 11.8. The van der Waals surface area contributed by atoms with Crippen LogP contribution >= 0.6 is 0 Å². The van der Waals surface area contributed by atoms with E-state index >= 15 is 0 Å². The molecule has 0 bridgehead atoms. The second kappa shape index (κ2) is 6.02. The number of nitrogens with zero attached hydrogens (tertiary/aromatic N) is 1. The van der Waals surface area contributed by atoms with Crippen LogP contribution in [0, 0.1) is 12.7 Å². The Morgan fingerprint density at radius 3 is 2.74 bits per heavy atom. The summed E-state index contributed by atoms with van der Waals surface area (Å²) in [5, 5.41) is 3.42. The minimum Gasteiger partial charge on any atom is -0.354 e. The van der Waals surface area contributed by atoms with Gasteiger partial charge in [0.1, 0.15) is 5.82 Å². The Balaban J connectivity index is 1.96. The summed E-state index contributed by atoms with van der Waals surface area (Å²) in [6, 6.07) is 7.67. The van der Waals surface area contributed by atoms with E-state index in [0.29, 0.717) is 5.56 Å². The van der Waals surface area contributed by atoms with Gasteiger partial charge in [-0.15, -0.1) is 0 Å². The van der Waals surface area contributed by atoms with Gasteiger partial charge >= 0.3 is 0 Å². The molecule has 0 aliphatic heterocycles. The molecule has 1 aromatic carbocycles. The van der Waals surface area contributed by atoms with Crippen molar-refractivity contribution in [3.63, 3.8) is 0 Å². The van der Waals surface area contributed by atoms with Crippen LogP contribution < -0.4 is 5.32 Å². The summed E-state index contributed by atoms with van der Waals surface area (Å²) in [4.78, 5) is 0. The average Bonchev–Trinajstić information content (AvgIpc) is 2.87. The lowest BCUT2D eigenvalue weighted by Gasteiger charge is -2.14. The summed E-state index contributed by atoms with van der Waals surface area (Å²) in [6.07, 6.45) is 4.21. The molecule has 0 radical (unpaired) electrons. The van der Waals surface area contributed by atoms with Crippen molar-refractivity contribution in [1.82, 2.24) is 9.88 Å². The molecular weight excluding hydrogens is 239 g/mol. The third-order valence-corrected chi connectivity index (χ3v) is 3.49. The first-order valence-corrected chi connectivity index (χ1v) is 6.74. The van der Waals surface area contributed by atoms with Crippen LogP contribution in [0.3, 0.4) is 0 Å². The van der Waals surface area contributed by atoms with Gasteiger partial charge in [-0.1, -0.05) is 12.1 Å². The monoisotopic (exact) mass is 260 g/mol. The Morgan fingerprint density at radius 1 is 1.32 bits per heavy atom. The van der Waals surface area contributed by atoms with Crippen LogP contribution in [0.25, 0.3) is 0 Å². The highest BCUT2D eigenvalue weighted by Crippen LogP contribution is 2.16. The molecular formula is C16H21FN2. The van der Waals surface area contributed by atoms with Gasteiger partial charge in [0.15, 0.2) is 0 Å². The first-order chi connectivity index (χ1) is 9.10. The molecule has 1 heterocycles. The molecule has 1 aromatic heterocycles. The Morgan fingerprint density at radius 2 is 2.11 bits per heavy atom. The highest BCUT2D eigenvalue weighted by molar-refractivity contribution is 5.25. The molecule has 1 atom stereocenters. The van der Waals surface area contributed by atoms with E-state index < -0.39 is 0 Å². The van der Waals surface area contributed by atoms with Crippen LogP contribution in [-0.2, 0) is 13.1 Å². The van der Waals surface area contributed by atoms with Crippen LogP contribution in [0.2, 0.25) is 0 Å².